The van der Waals surface area contributed by atoms with Gasteiger partial charge in [-0.2, -0.15) is 10.5 Å². The molecule has 3 rings (SSSR count). The number of nitrogens with zero attached hydrogens (tertiary/aromatic N) is 4. The Balaban J connectivity index is 2.24. The van der Waals surface area contributed by atoms with Crippen molar-refractivity contribution in [2.45, 2.75) is 27.7 Å². The Morgan fingerprint density at radius 3 is 2.19 bits per heavy atom. The summed E-state index contributed by atoms with van der Waals surface area (Å²) >= 11 is 1.18. The molecule has 0 aliphatic rings. The minimum Gasteiger partial charge on any atom is -0.427 e. The van der Waals surface area contributed by atoms with E-state index in [0.717, 1.165) is 18.8 Å². The summed E-state index contributed by atoms with van der Waals surface area (Å²) < 4.78 is 11.6. The van der Waals surface area contributed by atoms with Gasteiger partial charge in [0.1, 0.15) is 28.3 Å². The monoisotopic (exact) mass is 500 g/mol. The summed E-state index contributed by atoms with van der Waals surface area (Å²) in [5, 5.41) is 18.7. The smallest absolute Gasteiger partial charge is 0.308 e. The van der Waals surface area contributed by atoms with Gasteiger partial charge < -0.3 is 14.4 Å². The summed E-state index contributed by atoms with van der Waals surface area (Å²) in [5.74, 6) is -0.0983. The van der Waals surface area contributed by atoms with Gasteiger partial charge in [-0.25, -0.2) is 4.98 Å². The highest BCUT2D eigenvalue weighted by molar-refractivity contribution is 7.08. The molecule has 0 radical (unpaired) electrons. The molecule has 182 valence electrons. The van der Waals surface area contributed by atoms with Crippen LogP contribution in [0.15, 0.2) is 42.5 Å². The first-order valence-corrected chi connectivity index (χ1v) is 12.0. The van der Waals surface area contributed by atoms with E-state index < -0.39 is 11.9 Å². The van der Waals surface area contributed by atoms with Gasteiger partial charge in [0.2, 0.25) is 0 Å². The van der Waals surface area contributed by atoms with Gasteiger partial charge >= 0.3 is 11.9 Å². The number of rotatable bonds is 7. The molecule has 0 fully saturated rings. The largest absolute Gasteiger partial charge is 0.427 e. The van der Waals surface area contributed by atoms with Gasteiger partial charge in [-0.3, -0.25) is 9.59 Å². The van der Waals surface area contributed by atoms with Crippen molar-refractivity contribution < 1.29 is 19.1 Å². The molecular weight excluding hydrogens is 476 g/mol. The number of esters is 2. The molecule has 1 heterocycles. The molecule has 0 aliphatic heterocycles. The topological polar surface area (TPSA) is 116 Å². The van der Waals surface area contributed by atoms with Crippen LogP contribution in [0.3, 0.4) is 0 Å². The van der Waals surface area contributed by atoms with E-state index in [9.17, 15) is 20.1 Å². The highest BCUT2D eigenvalue weighted by Gasteiger charge is 2.13. The SMILES string of the molecule is CCN(CC)c1ccc(C=c2sc(=C(C#N)C#N)nc2-c2ccc(OC(C)=O)cc2)c(OC(C)=O)c1. The van der Waals surface area contributed by atoms with Gasteiger partial charge in [-0.05, 0) is 56.3 Å². The van der Waals surface area contributed by atoms with Gasteiger partial charge in [0.25, 0.3) is 0 Å². The van der Waals surface area contributed by atoms with Crippen LogP contribution in [0, 0.1) is 22.7 Å². The van der Waals surface area contributed by atoms with Crippen LogP contribution in [0.25, 0.3) is 22.9 Å². The van der Waals surface area contributed by atoms with E-state index in [4.69, 9.17) is 9.47 Å². The fourth-order valence-electron chi connectivity index (χ4n) is 3.52. The quantitative estimate of drug-likeness (QED) is 0.357. The zero-order chi connectivity index (χ0) is 26.2. The molecule has 8 nitrogen and oxygen atoms in total. The van der Waals surface area contributed by atoms with Crippen LogP contribution < -0.4 is 23.6 Å². The van der Waals surface area contributed by atoms with Crippen LogP contribution in [0.1, 0.15) is 33.3 Å². The third kappa shape index (κ3) is 6.15. The summed E-state index contributed by atoms with van der Waals surface area (Å²) in [6.45, 7) is 8.35. The third-order valence-corrected chi connectivity index (χ3v) is 6.17. The van der Waals surface area contributed by atoms with Gasteiger partial charge in [-0.1, -0.05) is 0 Å². The Kier molecular flexibility index (Phi) is 8.56. The first-order valence-electron chi connectivity index (χ1n) is 11.2. The number of anilines is 1. The van der Waals surface area contributed by atoms with E-state index in [-0.39, 0.29) is 10.2 Å². The normalized spacial score (nSPS) is 10.8. The van der Waals surface area contributed by atoms with Crippen LogP contribution in [0.4, 0.5) is 5.69 Å². The van der Waals surface area contributed by atoms with Crippen LogP contribution >= 0.6 is 11.3 Å². The molecule has 0 saturated carbocycles. The lowest BCUT2D eigenvalue weighted by Crippen LogP contribution is -2.21. The molecule has 0 saturated heterocycles. The van der Waals surface area contributed by atoms with E-state index in [0.29, 0.717) is 32.9 Å². The van der Waals surface area contributed by atoms with Crippen molar-refractivity contribution in [1.82, 2.24) is 4.98 Å². The van der Waals surface area contributed by atoms with Crippen molar-refractivity contribution in [2.75, 3.05) is 18.0 Å². The number of ether oxygens (including phenoxy) is 2. The molecule has 1 aromatic heterocycles. The first-order chi connectivity index (χ1) is 17.3. The number of carbonyl (C=O) groups excluding carboxylic acids is 2. The lowest BCUT2D eigenvalue weighted by Gasteiger charge is -2.22. The predicted octanol–water partition coefficient (Wildman–Crippen LogP) is 3.53. The van der Waals surface area contributed by atoms with Gasteiger partial charge in [0, 0.05) is 49.8 Å². The number of aromatic nitrogens is 1. The average molecular weight is 501 g/mol. The highest BCUT2D eigenvalue weighted by atomic mass is 32.1. The van der Waals surface area contributed by atoms with Crippen molar-refractivity contribution in [3.63, 3.8) is 0 Å². The predicted molar refractivity (Wildman–Crippen MR) is 138 cm³/mol. The lowest BCUT2D eigenvalue weighted by molar-refractivity contribution is -0.132. The summed E-state index contributed by atoms with van der Waals surface area (Å²) in [4.78, 5) is 29.8. The fraction of sp³-hybridized carbons (Fsp3) is 0.222. The number of hydrogen-bond donors (Lipinski definition) is 0. The molecule has 0 bridgehead atoms. The lowest BCUT2D eigenvalue weighted by atomic mass is 10.1. The molecule has 3 aromatic rings. The minimum atomic E-state index is -0.447. The van der Waals surface area contributed by atoms with Gasteiger partial charge in [0.15, 0.2) is 5.57 Å². The zero-order valence-electron chi connectivity index (χ0n) is 20.4. The maximum atomic E-state index is 11.8. The Hall–Kier alpha value is -4.47. The van der Waals surface area contributed by atoms with Gasteiger partial charge in [-0.15, -0.1) is 11.3 Å². The number of carbonyl (C=O) groups is 2. The molecule has 2 aromatic carbocycles. The van der Waals surface area contributed by atoms with E-state index in [1.54, 1.807) is 24.3 Å². The Bertz CT molecular complexity index is 1470. The van der Waals surface area contributed by atoms with Crippen molar-refractivity contribution in [2.24, 2.45) is 0 Å². The molecule has 0 aliphatic carbocycles. The maximum absolute atomic E-state index is 11.8. The summed E-state index contributed by atoms with van der Waals surface area (Å²) in [6.07, 6.45) is 1.81. The average Bonchev–Trinajstić information content (AvgIpc) is 3.25. The Morgan fingerprint density at radius 2 is 1.64 bits per heavy atom. The highest BCUT2D eigenvalue weighted by Crippen LogP contribution is 2.27. The summed E-state index contributed by atoms with van der Waals surface area (Å²) in [7, 11) is 0. The second-order valence-electron chi connectivity index (χ2n) is 7.58. The summed E-state index contributed by atoms with van der Waals surface area (Å²) in [5.41, 5.74) is 2.70. The molecule has 0 spiro atoms. The van der Waals surface area contributed by atoms with Crippen molar-refractivity contribution >= 4 is 40.6 Å². The van der Waals surface area contributed by atoms with Crippen molar-refractivity contribution in [3.8, 4) is 34.9 Å². The molecular formula is C27H24N4O4S. The van der Waals surface area contributed by atoms with Gasteiger partial charge in [0.05, 0.1) is 10.2 Å². The fourth-order valence-corrected chi connectivity index (χ4v) is 4.51. The molecule has 36 heavy (non-hydrogen) atoms. The molecule has 0 unspecified atom stereocenters. The molecule has 9 heteroatoms. The molecule has 0 N–H and O–H groups in total. The number of thiazole rings is 1. The Morgan fingerprint density at radius 1 is 1.00 bits per heavy atom. The first kappa shape index (κ1) is 26.1. The van der Waals surface area contributed by atoms with Crippen LogP contribution in [-0.4, -0.2) is 30.0 Å². The van der Waals surface area contributed by atoms with Crippen molar-refractivity contribution in [1.29, 1.82) is 10.5 Å². The van der Waals surface area contributed by atoms with Crippen LogP contribution in [0.5, 0.6) is 11.5 Å². The van der Waals surface area contributed by atoms with E-state index in [1.165, 1.54) is 25.2 Å². The van der Waals surface area contributed by atoms with E-state index in [2.05, 4.69) is 9.88 Å². The second kappa shape index (κ2) is 11.8. The molecule has 0 atom stereocenters. The van der Waals surface area contributed by atoms with Crippen LogP contribution in [0.2, 0.25) is 0 Å². The van der Waals surface area contributed by atoms with Crippen molar-refractivity contribution in [3.05, 3.63) is 57.2 Å². The standard InChI is InChI=1S/C27H24N4O4S/c1-5-31(6-2)22-10-7-20(24(14-22)35-18(4)33)13-25-26(30-27(36-25)21(15-28)16-29)19-8-11-23(12-9-19)34-17(3)32/h7-14H,5-6H2,1-4H3. The third-order valence-electron chi connectivity index (χ3n) is 5.15. The number of benzene rings is 2. The van der Waals surface area contributed by atoms with E-state index >= 15 is 0 Å². The number of nitriles is 2. The molecule has 0 amide bonds. The summed E-state index contributed by atoms with van der Waals surface area (Å²) in [6, 6.07) is 16.1. The Labute approximate surface area is 213 Å². The second-order valence-corrected chi connectivity index (χ2v) is 8.61. The number of hydrogen-bond acceptors (Lipinski definition) is 9. The van der Waals surface area contributed by atoms with E-state index in [1.807, 2.05) is 50.3 Å². The minimum absolute atomic E-state index is 0.102. The van der Waals surface area contributed by atoms with Crippen LogP contribution in [-0.2, 0) is 9.59 Å². The maximum Gasteiger partial charge on any atom is 0.308 e. The zero-order valence-corrected chi connectivity index (χ0v) is 21.2.